The predicted molar refractivity (Wildman–Crippen MR) is 71.5 cm³/mol. The van der Waals surface area contributed by atoms with E-state index in [2.05, 4.69) is 16.1 Å². The molecular formula is C10H8BrF3N2O3S. The summed E-state index contributed by atoms with van der Waals surface area (Å²) in [5.41, 5.74) is -1.05. The van der Waals surface area contributed by atoms with Crippen molar-refractivity contribution < 1.29 is 18.3 Å². The number of rotatable bonds is 2. The highest BCUT2D eigenvalue weighted by Gasteiger charge is 2.39. The van der Waals surface area contributed by atoms with Crippen LogP contribution in [0.25, 0.3) is 10.2 Å². The maximum Gasteiger partial charge on any atom is 0.416 e. The molecule has 1 unspecified atom stereocenters. The average Bonchev–Trinajstić information content (AvgIpc) is 2.72. The Morgan fingerprint density at radius 2 is 2.05 bits per heavy atom. The van der Waals surface area contributed by atoms with E-state index in [-0.39, 0.29) is 10.2 Å². The quantitative estimate of drug-likeness (QED) is 0.870. The molecule has 5 nitrogen and oxygen atoms in total. The molecule has 0 saturated heterocycles. The monoisotopic (exact) mass is 372 g/mol. The highest BCUT2D eigenvalue weighted by atomic mass is 79.9. The van der Waals surface area contributed by atoms with Gasteiger partial charge in [0.1, 0.15) is 4.83 Å². The van der Waals surface area contributed by atoms with E-state index in [0.29, 0.717) is 9.16 Å². The Morgan fingerprint density at radius 1 is 1.45 bits per heavy atom. The number of nitrogens with zero attached hydrogens (tertiary/aromatic N) is 2. The van der Waals surface area contributed by atoms with E-state index < -0.39 is 30.1 Å². The highest BCUT2D eigenvalue weighted by molar-refractivity contribution is 9.08. The molecule has 0 spiro atoms. The predicted octanol–water partition coefficient (Wildman–Crippen LogP) is 1.61. The molecule has 1 atom stereocenters. The summed E-state index contributed by atoms with van der Waals surface area (Å²) in [7, 11) is 0. The molecule has 0 aliphatic heterocycles. The van der Waals surface area contributed by atoms with Crippen molar-refractivity contribution in [3.05, 3.63) is 31.8 Å². The Morgan fingerprint density at radius 3 is 2.60 bits per heavy atom. The summed E-state index contributed by atoms with van der Waals surface area (Å²) in [4.78, 5) is 23.9. The summed E-state index contributed by atoms with van der Waals surface area (Å²) in [5.74, 6) is 0. The number of aliphatic hydroxyl groups excluding tert-OH is 1. The minimum absolute atomic E-state index is 0.108. The van der Waals surface area contributed by atoms with Crippen molar-refractivity contribution in [1.29, 1.82) is 0 Å². The van der Waals surface area contributed by atoms with Crippen LogP contribution in [0.4, 0.5) is 13.2 Å². The summed E-state index contributed by atoms with van der Waals surface area (Å²) >= 11 is 3.70. The van der Waals surface area contributed by atoms with Gasteiger partial charge in [-0.15, -0.1) is 11.3 Å². The Bertz CT molecular complexity index is 777. The molecule has 10 heteroatoms. The van der Waals surface area contributed by atoms with Crippen LogP contribution in [-0.4, -0.2) is 25.5 Å². The molecule has 2 heterocycles. The molecular weight excluding hydrogens is 365 g/mol. The fraction of sp³-hybridized carbons (Fsp3) is 0.400. The van der Waals surface area contributed by atoms with E-state index in [0.717, 1.165) is 15.9 Å². The number of hydrogen-bond acceptors (Lipinski definition) is 4. The first-order valence-electron chi connectivity index (χ1n) is 5.29. The topological polar surface area (TPSA) is 64.2 Å². The molecule has 1 N–H and O–H groups in total. The van der Waals surface area contributed by atoms with Gasteiger partial charge >= 0.3 is 11.9 Å². The summed E-state index contributed by atoms with van der Waals surface area (Å²) in [6.45, 7) is 0.646. The first-order valence-corrected chi connectivity index (χ1v) is 6.88. The third-order valence-corrected chi connectivity index (χ3v) is 4.47. The van der Waals surface area contributed by atoms with Crippen molar-refractivity contribution in [3.8, 4) is 0 Å². The fourth-order valence-electron chi connectivity index (χ4n) is 1.70. The first-order chi connectivity index (χ1) is 9.14. The number of aliphatic hydroxyl groups is 1. The van der Waals surface area contributed by atoms with Crippen LogP contribution in [0.3, 0.4) is 0 Å². The van der Waals surface area contributed by atoms with Gasteiger partial charge in [-0.25, -0.2) is 4.79 Å². The van der Waals surface area contributed by atoms with Gasteiger partial charge in [-0.05, 0) is 17.9 Å². The molecule has 0 fully saturated rings. The Balaban J connectivity index is 2.71. The highest BCUT2D eigenvalue weighted by Crippen LogP contribution is 2.25. The zero-order chi connectivity index (χ0) is 15.2. The second-order valence-corrected chi connectivity index (χ2v) is 5.70. The van der Waals surface area contributed by atoms with E-state index in [1.54, 1.807) is 12.3 Å². The summed E-state index contributed by atoms with van der Waals surface area (Å²) < 4.78 is 38.5. The zero-order valence-electron chi connectivity index (χ0n) is 9.94. The molecule has 0 amide bonds. The smallest absolute Gasteiger partial charge is 0.382 e. The van der Waals surface area contributed by atoms with Crippen LogP contribution in [0, 0.1) is 6.92 Å². The van der Waals surface area contributed by atoms with E-state index in [4.69, 9.17) is 5.11 Å². The summed E-state index contributed by atoms with van der Waals surface area (Å²) in [6.07, 6.45) is -7.53. The lowest BCUT2D eigenvalue weighted by Crippen LogP contribution is -2.41. The van der Waals surface area contributed by atoms with Crippen LogP contribution in [0.5, 0.6) is 0 Å². The minimum atomic E-state index is -4.84. The minimum Gasteiger partial charge on any atom is -0.382 e. The van der Waals surface area contributed by atoms with Gasteiger partial charge in [0.05, 0.1) is 28.1 Å². The number of hydrogen-bond donors (Lipinski definition) is 1. The molecule has 0 bridgehead atoms. The van der Waals surface area contributed by atoms with Crippen LogP contribution in [0.2, 0.25) is 0 Å². The van der Waals surface area contributed by atoms with Crippen LogP contribution in [-0.2, 0) is 6.54 Å². The van der Waals surface area contributed by atoms with Crippen molar-refractivity contribution in [3.63, 3.8) is 0 Å². The van der Waals surface area contributed by atoms with E-state index in [1.807, 2.05) is 0 Å². The maximum absolute atomic E-state index is 12.4. The van der Waals surface area contributed by atoms with E-state index in [9.17, 15) is 22.8 Å². The first kappa shape index (κ1) is 15.3. The van der Waals surface area contributed by atoms with Gasteiger partial charge in [-0.2, -0.15) is 16.8 Å². The van der Waals surface area contributed by atoms with Crippen molar-refractivity contribution in [1.82, 2.24) is 8.16 Å². The summed E-state index contributed by atoms with van der Waals surface area (Å²) in [6, 6.07) is 0. The molecule has 0 aliphatic rings. The standard InChI is InChI=1S/C10H8BrF3N2O3S/c1-4-3-20-8-6(4)7(18)16(11)9(19)15(8)2-5(17)10(12,13)14/h3,5,17H,2H2,1H3. The average molecular weight is 373 g/mol. The Hall–Kier alpha value is -1.13. The summed E-state index contributed by atoms with van der Waals surface area (Å²) in [5, 5.41) is 10.8. The van der Waals surface area contributed by atoms with Crippen molar-refractivity contribution in [2.24, 2.45) is 0 Å². The van der Waals surface area contributed by atoms with Crippen LogP contribution in [0.1, 0.15) is 5.56 Å². The third kappa shape index (κ3) is 2.42. The van der Waals surface area contributed by atoms with Gasteiger partial charge in [0.15, 0.2) is 6.10 Å². The number of halogens is 4. The van der Waals surface area contributed by atoms with Gasteiger partial charge in [-0.1, -0.05) is 0 Å². The number of aromatic nitrogens is 2. The molecule has 2 aromatic rings. The molecule has 0 aromatic carbocycles. The molecule has 2 aromatic heterocycles. The van der Waals surface area contributed by atoms with Gasteiger partial charge < -0.3 is 5.11 Å². The number of aryl methyl sites for hydroxylation is 1. The molecule has 110 valence electrons. The second kappa shape index (κ2) is 5.01. The lowest BCUT2D eigenvalue weighted by atomic mass is 10.2. The van der Waals surface area contributed by atoms with Crippen LogP contribution < -0.4 is 11.2 Å². The number of alkyl halides is 3. The van der Waals surface area contributed by atoms with E-state index >= 15 is 0 Å². The third-order valence-electron chi connectivity index (χ3n) is 2.73. The Labute approximate surface area is 122 Å². The maximum atomic E-state index is 12.4. The molecule has 20 heavy (non-hydrogen) atoms. The van der Waals surface area contributed by atoms with Crippen LogP contribution in [0.15, 0.2) is 15.0 Å². The van der Waals surface area contributed by atoms with Crippen molar-refractivity contribution in [2.45, 2.75) is 25.7 Å². The number of thiophene rings is 1. The molecule has 0 saturated carbocycles. The van der Waals surface area contributed by atoms with Crippen molar-refractivity contribution >= 4 is 37.7 Å². The normalized spacial score (nSPS) is 13.9. The van der Waals surface area contributed by atoms with Gasteiger partial charge in [0.25, 0.3) is 5.56 Å². The lowest BCUT2D eigenvalue weighted by Gasteiger charge is -2.16. The van der Waals surface area contributed by atoms with E-state index in [1.165, 1.54) is 0 Å². The Kier molecular flexibility index (Phi) is 3.82. The SMILES string of the molecule is Cc1csc2c1c(=O)n(Br)c(=O)n2CC(O)C(F)(F)F. The fourth-order valence-corrected chi connectivity index (χ4v) is 3.13. The van der Waals surface area contributed by atoms with Gasteiger partial charge in [0.2, 0.25) is 0 Å². The number of fused-ring (bicyclic) bond motifs is 1. The van der Waals surface area contributed by atoms with Crippen molar-refractivity contribution in [2.75, 3.05) is 0 Å². The lowest BCUT2D eigenvalue weighted by molar-refractivity contribution is -0.207. The van der Waals surface area contributed by atoms with Crippen LogP contribution >= 0.6 is 27.5 Å². The largest absolute Gasteiger partial charge is 0.416 e. The second-order valence-electron chi connectivity index (χ2n) is 4.14. The molecule has 0 radical (unpaired) electrons. The molecule has 2 rings (SSSR count). The van der Waals surface area contributed by atoms with Gasteiger partial charge in [0, 0.05) is 0 Å². The molecule has 0 aliphatic carbocycles. The zero-order valence-corrected chi connectivity index (χ0v) is 12.3. The van der Waals surface area contributed by atoms with Gasteiger partial charge in [-0.3, -0.25) is 9.36 Å².